The molecule has 2 heterocycles. The lowest BCUT2D eigenvalue weighted by Crippen LogP contribution is -2.41. The van der Waals surface area contributed by atoms with Crippen LogP contribution in [-0.4, -0.2) is 44.2 Å². The zero-order valence-electron chi connectivity index (χ0n) is 24.7. The SMILES string of the molecule is Cc1cc(C(=O)N2c3ccccc3C(CC(=O)OCc3ccccc3)C2C)ccc1OC[C@@H]1CN(C)c2ccccc2O1. The predicted molar refractivity (Wildman–Crippen MR) is 167 cm³/mol. The summed E-state index contributed by atoms with van der Waals surface area (Å²) in [5.74, 6) is 1.02. The van der Waals surface area contributed by atoms with Crippen molar-refractivity contribution in [3.8, 4) is 11.5 Å². The zero-order valence-corrected chi connectivity index (χ0v) is 24.7. The van der Waals surface area contributed by atoms with Gasteiger partial charge in [0.05, 0.1) is 18.7 Å². The first-order valence-electron chi connectivity index (χ1n) is 14.7. The summed E-state index contributed by atoms with van der Waals surface area (Å²) in [6, 6.07) is 30.8. The number of likely N-dealkylation sites (N-methyl/N-ethyl adjacent to an activating group) is 1. The molecule has 220 valence electrons. The van der Waals surface area contributed by atoms with E-state index in [1.165, 1.54) is 0 Å². The fourth-order valence-corrected chi connectivity index (χ4v) is 6.08. The minimum atomic E-state index is -0.279. The number of anilines is 2. The van der Waals surface area contributed by atoms with E-state index in [1.54, 1.807) is 0 Å². The summed E-state index contributed by atoms with van der Waals surface area (Å²) in [6.45, 7) is 5.29. The highest BCUT2D eigenvalue weighted by Gasteiger charge is 2.40. The Kier molecular flexibility index (Phi) is 8.05. The Hall–Kier alpha value is -4.78. The third-order valence-corrected chi connectivity index (χ3v) is 8.33. The van der Waals surface area contributed by atoms with Crippen LogP contribution in [0, 0.1) is 6.92 Å². The van der Waals surface area contributed by atoms with Crippen molar-refractivity contribution in [2.75, 3.05) is 30.0 Å². The fourth-order valence-electron chi connectivity index (χ4n) is 6.08. The lowest BCUT2D eigenvalue weighted by molar-refractivity contribution is -0.145. The molecule has 0 saturated carbocycles. The Morgan fingerprint density at radius 2 is 1.63 bits per heavy atom. The molecule has 2 aliphatic heterocycles. The Morgan fingerprint density at radius 1 is 0.907 bits per heavy atom. The van der Waals surface area contributed by atoms with Gasteiger partial charge in [0.1, 0.15) is 30.8 Å². The summed E-state index contributed by atoms with van der Waals surface area (Å²) >= 11 is 0. The van der Waals surface area contributed by atoms with Gasteiger partial charge in [-0.2, -0.15) is 0 Å². The zero-order chi connectivity index (χ0) is 29.9. The Bertz CT molecular complexity index is 1620. The Labute approximate surface area is 252 Å². The Balaban J connectivity index is 1.12. The number of rotatable bonds is 8. The van der Waals surface area contributed by atoms with Crippen LogP contribution in [0.1, 0.15) is 46.3 Å². The number of hydrogen-bond donors (Lipinski definition) is 0. The lowest BCUT2D eigenvalue weighted by Gasteiger charge is -2.33. The largest absolute Gasteiger partial charge is 0.489 e. The number of carbonyl (C=O) groups excluding carboxylic acids is 2. The first-order valence-corrected chi connectivity index (χ1v) is 14.7. The molecular formula is C36H36N2O5. The van der Waals surface area contributed by atoms with E-state index in [2.05, 4.69) is 11.9 Å². The summed E-state index contributed by atoms with van der Waals surface area (Å²) in [7, 11) is 2.05. The number of aryl methyl sites for hydroxylation is 1. The van der Waals surface area contributed by atoms with E-state index < -0.39 is 0 Å². The maximum absolute atomic E-state index is 13.9. The van der Waals surface area contributed by atoms with Gasteiger partial charge in [0.2, 0.25) is 0 Å². The number of fused-ring (bicyclic) bond motifs is 2. The summed E-state index contributed by atoms with van der Waals surface area (Å²) in [5, 5.41) is 0. The van der Waals surface area contributed by atoms with Gasteiger partial charge in [0.25, 0.3) is 5.91 Å². The van der Waals surface area contributed by atoms with Crippen LogP contribution in [0.5, 0.6) is 11.5 Å². The van der Waals surface area contributed by atoms with Crippen LogP contribution in [-0.2, 0) is 16.1 Å². The molecule has 0 fully saturated rings. The van der Waals surface area contributed by atoms with Gasteiger partial charge in [0, 0.05) is 30.3 Å². The van der Waals surface area contributed by atoms with Crippen LogP contribution >= 0.6 is 0 Å². The molecular weight excluding hydrogens is 540 g/mol. The number of ether oxygens (including phenoxy) is 3. The molecule has 7 heteroatoms. The number of para-hydroxylation sites is 3. The molecule has 0 aliphatic carbocycles. The normalized spacial score (nSPS) is 18.8. The highest BCUT2D eigenvalue weighted by atomic mass is 16.5. The van der Waals surface area contributed by atoms with Crippen molar-refractivity contribution in [1.82, 2.24) is 0 Å². The van der Waals surface area contributed by atoms with Crippen molar-refractivity contribution in [3.63, 3.8) is 0 Å². The summed E-state index contributed by atoms with van der Waals surface area (Å²) in [5.41, 5.74) is 5.27. The van der Waals surface area contributed by atoms with Crippen molar-refractivity contribution in [3.05, 3.63) is 119 Å². The topological polar surface area (TPSA) is 68.3 Å². The molecule has 2 aliphatic rings. The van der Waals surface area contributed by atoms with E-state index >= 15 is 0 Å². The molecule has 2 unspecified atom stereocenters. The molecule has 0 bridgehead atoms. The minimum absolute atomic E-state index is 0.108. The molecule has 1 amide bonds. The van der Waals surface area contributed by atoms with Crippen molar-refractivity contribution in [2.24, 2.45) is 0 Å². The van der Waals surface area contributed by atoms with Gasteiger partial charge in [-0.25, -0.2) is 0 Å². The highest BCUT2D eigenvalue weighted by molar-refractivity contribution is 6.08. The first-order chi connectivity index (χ1) is 20.9. The number of esters is 1. The smallest absolute Gasteiger partial charge is 0.306 e. The average Bonchev–Trinajstić information content (AvgIpc) is 3.30. The third kappa shape index (κ3) is 5.93. The van der Waals surface area contributed by atoms with Gasteiger partial charge in [0.15, 0.2) is 0 Å². The van der Waals surface area contributed by atoms with E-state index in [0.717, 1.165) is 46.1 Å². The fraction of sp³-hybridized carbons (Fsp3) is 0.278. The van der Waals surface area contributed by atoms with Crippen LogP contribution in [0.15, 0.2) is 97.1 Å². The first kappa shape index (κ1) is 28.3. The van der Waals surface area contributed by atoms with E-state index in [9.17, 15) is 9.59 Å². The van der Waals surface area contributed by atoms with Gasteiger partial charge >= 0.3 is 5.97 Å². The molecule has 0 radical (unpaired) electrons. The van der Waals surface area contributed by atoms with Gasteiger partial charge in [-0.05, 0) is 66.9 Å². The lowest BCUT2D eigenvalue weighted by atomic mass is 9.92. The standard InChI is InChI=1S/C36H36N2O5/c1-24-19-27(17-18-33(24)41-23-28-21-37(3)32-15-9-10-16-34(32)43-28)36(40)38-25(2)30(29-13-7-8-14-31(29)38)20-35(39)42-22-26-11-5-4-6-12-26/h4-19,25,28,30H,20-23H2,1-3H3/t25?,28-,30?/m0/s1. The van der Waals surface area contributed by atoms with Crippen LogP contribution in [0.4, 0.5) is 11.4 Å². The Morgan fingerprint density at radius 3 is 2.42 bits per heavy atom. The van der Waals surface area contributed by atoms with E-state index in [-0.39, 0.29) is 43.0 Å². The second-order valence-corrected chi connectivity index (χ2v) is 11.3. The molecule has 0 spiro atoms. The second-order valence-electron chi connectivity index (χ2n) is 11.3. The van der Waals surface area contributed by atoms with Gasteiger partial charge in [-0.3, -0.25) is 9.59 Å². The summed E-state index contributed by atoms with van der Waals surface area (Å²) in [6.07, 6.45) is 0.0858. The van der Waals surface area contributed by atoms with Crippen molar-refractivity contribution >= 4 is 23.3 Å². The molecule has 0 aromatic heterocycles. The van der Waals surface area contributed by atoms with E-state index in [4.69, 9.17) is 14.2 Å². The monoisotopic (exact) mass is 576 g/mol. The average molecular weight is 577 g/mol. The molecule has 43 heavy (non-hydrogen) atoms. The molecule has 0 saturated heterocycles. The van der Waals surface area contributed by atoms with E-state index in [1.807, 2.05) is 116 Å². The van der Waals surface area contributed by atoms with Crippen molar-refractivity contribution in [1.29, 1.82) is 0 Å². The van der Waals surface area contributed by atoms with Gasteiger partial charge in [-0.15, -0.1) is 0 Å². The maximum Gasteiger partial charge on any atom is 0.306 e. The molecule has 6 rings (SSSR count). The van der Waals surface area contributed by atoms with Crippen LogP contribution in [0.3, 0.4) is 0 Å². The predicted octanol–water partition coefficient (Wildman–Crippen LogP) is 6.54. The van der Waals surface area contributed by atoms with Gasteiger partial charge < -0.3 is 24.0 Å². The van der Waals surface area contributed by atoms with Gasteiger partial charge in [-0.1, -0.05) is 60.7 Å². The maximum atomic E-state index is 13.9. The van der Waals surface area contributed by atoms with Crippen molar-refractivity contribution < 1.29 is 23.8 Å². The number of carbonyl (C=O) groups is 2. The number of amides is 1. The number of benzene rings is 4. The van der Waals surface area contributed by atoms with Crippen LogP contribution in [0.25, 0.3) is 0 Å². The van der Waals surface area contributed by atoms with E-state index in [0.29, 0.717) is 12.2 Å². The summed E-state index contributed by atoms with van der Waals surface area (Å²) < 4.78 is 17.9. The highest BCUT2D eigenvalue weighted by Crippen LogP contribution is 2.43. The third-order valence-electron chi connectivity index (χ3n) is 8.33. The quantitative estimate of drug-likeness (QED) is 0.222. The molecule has 4 aromatic carbocycles. The second kappa shape index (κ2) is 12.2. The number of hydrogen-bond acceptors (Lipinski definition) is 6. The summed E-state index contributed by atoms with van der Waals surface area (Å²) in [4.78, 5) is 30.8. The molecule has 3 atom stereocenters. The minimum Gasteiger partial charge on any atom is -0.489 e. The van der Waals surface area contributed by atoms with Crippen LogP contribution in [0.2, 0.25) is 0 Å². The number of nitrogens with zero attached hydrogens (tertiary/aromatic N) is 2. The molecule has 0 N–H and O–H groups in total. The molecule has 7 nitrogen and oxygen atoms in total. The van der Waals surface area contributed by atoms with Crippen molar-refractivity contribution in [2.45, 2.75) is 44.9 Å². The molecule has 4 aromatic rings. The van der Waals surface area contributed by atoms with Crippen LogP contribution < -0.4 is 19.3 Å².